The second-order valence-electron chi connectivity index (χ2n) is 6.02. The van der Waals surface area contributed by atoms with Crippen molar-refractivity contribution < 1.29 is 14.3 Å². The zero-order valence-electron chi connectivity index (χ0n) is 14.7. The minimum atomic E-state index is -0.192. The maximum absolute atomic E-state index is 12.4. The molecule has 5 heteroatoms. The van der Waals surface area contributed by atoms with E-state index in [1.54, 1.807) is 54.6 Å². The largest absolute Gasteiger partial charge is 0.485 e. The van der Waals surface area contributed by atoms with Gasteiger partial charge in [0.25, 0.3) is 5.91 Å². The number of nitrogens with one attached hydrogen (secondary N) is 1. The molecule has 0 atom stereocenters. The average Bonchev–Trinajstić information content (AvgIpc) is 2.67. The number of hydrogen-bond acceptors (Lipinski definition) is 3. The van der Waals surface area contributed by atoms with Crippen molar-refractivity contribution >= 4 is 29.0 Å². The number of aryl methyl sites for hydroxylation is 1. The third-order valence-corrected chi connectivity index (χ3v) is 4.27. The van der Waals surface area contributed by atoms with Crippen LogP contribution in [0.25, 0.3) is 0 Å². The fourth-order valence-corrected chi connectivity index (χ4v) is 2.68. The molecule has 0 bridgehead atoms. The second kappa shape index (κ2) is 8.52. The fraction of sp³-hybridized carbons (Fsp3) is 0.0909. The highest BCUT2D eigenvalue weighted by Gasteiger charge is 2.10. The van der Waals surface area contributed by atoms with Gasteiger partial charge in [-0.25, -0.2) is 0 Å². The summed E-state index contributed by atoms with van der Waals surface area (Å²) in [5.74, 6) is 0.156. The molecule has 4 nitrogen and oxygen atoms in total. The van der Waals surface area contributed by atoms with Crippen molar-refractivity contribution in [2.75, 3.05) is 11.9 Å². The van der Waals surface area contributed by atoms with Gasteiger partial charge >= 0.3 is 0 Å². The Morgan fingerprint density at radius 1 is 0.963 bits per heavy atom. The van der Waals surface area contributed by atoms with Crippen molar-refractivity contribution in [3.8, 4) is 5.75 Å². The van der Waals surface area contributed by atoms with E-state index < -0.39 is 0 Å². The minimum absolute atomic E-state index is 0.100. The Hall–Kier alpha value is -3.11. The van der Waals surface area contributed by atoms with Gasteiger partial charge in [-0.1, -0.05) is 35.9 Å². The van der Waals surface area contributed by atoms with Gasteiger partial charge in [0.15, 0.2) is 12.4 Å². The molecule has 0 spiro atoms. The summed E-state index contributed by atoms with van der Waals surface area (Å²) in [5.41, 5.74) is 2.64. The van der Waals surface area contributed by atoms with Gasteiger partial charge < -0.3 is 10.1 Å². The lowest BCUT2D eigenvalue weighted by Crippen LogP contribution is -2.14. The van der Waals surface area contributed by atoms with Gasteiger partial charge in [0.1, 0.15) is 5.75 Å². The molecule has 0 saturated carbocycles. The zero-order chi connectivity index (χ0) is 19.2. The zero-order valence-corrected chi connectivity index (χ0v) is 15.5. The van der Waals surface area contributed by atoms with Crippen LogP contribution in [-0.4, -0.2) is 18.3 Å². The summed E-state index contributed by atoms with van der Waals surface area (Å²) in [6.07, 6.45) is 0. The van der Waals surface area contributed by atoms with Gasteiger partial charge in [-0.15, -0.1) is 0 Å². The average molecular weight is 380 g/mol. The van der Waals surface area contributed by atoms with Crippen LogP contribution in [0.5, 0.6) is 5.75 Å². The quantitative estimate of drug-likeness (QED) is 0.601. The molecule has 0 saturated heterocycles. The first-order valence-electron chi connectivity index (χ1n) is 8.41. The van der Waals surface area contributed by atoms with E-state index in [1.165, 1.54) is 0 Å². The molecule has 3 aromatic rings. The van der Waals surface area contributed by atoms with Crippen LogP contribution in [0, 0.1) is 6.92 Å². The van der Waals surface area contributed by atoms with Crippen LogP contribution in [0.15, 0.2) is 72.8 Å². The monoisotopic (exact) mass is 379 g/mol. The normalized spacial score (nSPS) is 10.3. The number of amides is 1. The second-order valence-corrected chi connectivity index (χ2v) is 6.45. The summed E-state index contributed by atoms with van der Waals surface area (Å²) in [5, 5.41) is 3.42. The van der Waals surface area contributed by atoms with Gasteiger partial charge in [-0.2, -0.15) is 0 Å². The lowest BCUT2D eigenvalue weighted by Gasteiger charge is -2.10. The van der Waals surface area contributed by atoms with Crippen LogP contribution in [-0.2, 0) is 0 Å². The molecule has 0 fully saturated rings. The van der Waals surface area contributed by atoms with Crippen molar-refractivity contribution in [2.45, 2.75) is 6.92 Å². The molecule has 1 N–H and O–H groups in total. The standard InChI is InChI=1S/C22H18ClNO3/c1-15-5-2-3-8-20(15)22(26)24-18-6-4-7-19(13-18)27-14-21(25)16-9-11-17(23)12-10-16/h2-13H,14H2,1H3,(H,24,26). The molecule has 3 aromatic carbocycles. The minimum Gasteiger partial charge on any atom is -0.485 e. The molecule has 0 aliphatic carbocycles. The Kier molecular flexibility index (Phi) is 5.89. The molecule has 0 heterocycles. The predicted molar refractivity (Wildman–Crippen MR) is 107 cm³/mol. The highest BCUT2D eigenvalue weighted by Crippen LogP contribution is 2.19. The molecular weight excluding hydrogens is 362 g/mol. The number of hydrogen-bond donors (Lipinski definition) is 1. The Balaban J connectivity index is 1.63. The highest BCUT2D eigenvalue weighted by atomic mass is 35.5. The topological polar surface area (TPSA) is 55.4 Å². The molecule has 27 heavy (non-hydrogen) atoms. The van der Waals surface area contributed by atoms with Crippen molar-refractivity contribution in [1.82, 2.24) is 0 Å². The van der Waals surface area contributed by atoms with Gasteiger partial charge in [0.2, 0.25) is 0 Å². The van der Waals surface area contributed by atoms with Gasteiger partial charge in [-0.3, -0.25) is 9.59 Å². The molecule has 0 aliphatic rings. The number of rotatable bonds is 6. The van der Waals surface area contributed by atoms with E-state index in [4.69, 9.17) is 16.3 Å². The summed E-state index contributed by atoms with van der Waals surface area (Å²) in [7, 11) is 0. The first-order valence-corrected chi connectivity index (χ1v) is 8.79. The predicted octanol–water partition coefficient (Wildman–Crippen LogP) is 5.16. The molecule has 0 radical (unpaired) electrons. The Morgan fingerprint density at radius 2 is 1.70 bits per heavy atom. The van der Waals surface area contributed by atoms with E-state index in [2.05, 4.69) is 5.32 Å². The summed E-state index contributed by atoms with van der Waals surface area (Å²) >= 11 is 5.83. The summed E-state index contributed by atoms with van der Waals surface area (Å²) < 4.78 is 5.57. The Morgan fingerprint density at radius 3 is 2.44 bits per heavy atom. The molecule has 0 unspecified atom stereocenters. The van der Waals surface area contributed by atoms with E-state index in [0.717, 1.165) is 5.56 Å². The molecule has 3 rings (SSSR count). The number of Topliss-reactive ketones (excluding diaryl/α,β-unsaturated/α-hetero) is 1. The lowest BCUT2D eigenvalue weighted by atomic mass is 10.1. The number of anilines is 1. The van der Waals surface area contributed by atoms with E-state index in [-0.39, 0.29) is 18.3 Å². The van der Waals surface area contributed by atoms with E-state index in [1.807, 2.05) is 25.1 Å². The van der Waals surface area contributed by atoms with Crippen LogP contribution in [0.1, 0.15) is 26.3 Å². The number of ether oxygens (including phenoxy) is 1. The number of carbonyl (C=O) groups excluding carboxylic acids is 2. The lowest BCUT2D eigenvalue weighted by molar-refractivity contribution is 0.0920. The highest BCUT2D eigenvalue weighted by molar-refractivity contribution is 6.30. The summed E-state index contributed by atoms with van der Waals surface area (Å²) in [4.78, 5) is 24.6. The molecule has 0 aliphatic heterocycles. The van der Waals surface area contributed by atoms with E-state index in [0.29, 0.717) is 27.6 Å². The third kappa shape index (κ3) is 4.96. The van der Waals surface area contributed by atoms with Crippen molar-refractivity contribution in [3.63, 3.8) is 0 Å². The number of halogens is 1. The maximum Gasteiger partial charge on any atom is 0.255 e. The van der Waals surface area contributed by atoms with Crippen LogP contribution < -0.4 is 10.1 Å². The maximum atomic E-state index is 12.4. The van der Waals surface area contributed by atoms with Crippen molar-refractivity contribution in [2.24, 2.45) is 0 Å². The molecular formula is C22H18ClNO3. The van der Waals surface area contributed by atoms with Crippen LogP contribution in [0.2, 0.25) is 5.02 Å². The first-order chi connectivity index (χ1) is 13.0. The van der Waals surface area contributed by atoms with Crippen molar-refractivity contribution in [3.05, 3.63) is 94.5 Å². The smallest absolute Gasteiger partial charge is 0.255 e. The summed E-state index contributed by atoms with van der Waals surface area (Å²) in [6.45, 7) is 1.79. The number of ketones is 1. The van der Waals surface area contributed by atoms with E-state index >= 15 is 0 Å². The Bertz CT molecular complexity index is 967. The van der Waals surface area contributed by atoms with Crippen molar-refractivity contribution in [1.29, 1.82) is 0 Å². The molecule has 1 amide bonds. The SMILES string of the molecule is Cc1ccccc1C(=O)Nc1cccc(OCC(=O)c2ccc(Cl)cc2)c1. The van der Waals surface area contributed by atoms with Gasteiger partial charge in [-0.05, 0) is 55.0 Å². The van der Waals surface area contributed by atoms with Gasteiger partial charge in [0, 0.05) is 27.9 Å². The summed E-state index contributed by atoms with van der Waals surface area (Å²) in [6, 6.07) is 21.0. The van der Waals surface area contributed by atoms with Crippen LogP contribution in [0.4, 0.5) is 5.69 Å². The third-order valence-electron chi connectivity index (χ3n) is 4.02. The molecule has 136 valence electrons. The van der Waals surface area contributed by atoms with E-state index in [9.17, 15) is 9.59 Å². The Labute approximate surface area is 162 Å². The van der Waals surface area contributed by atoms with Gasteiger partial charge in [0.05, 0.1) is 0 Å². The number of benzene rings is 3. The van der Waals surface area contributed by atoms with Crippen LogP contribution in [0.3, 0.4) is 0 Å². The fourth-order valence-electron chi connectivity index (χ4n) is 2.56. The van der Waals surface area contributed by atoms with Crippen LogP contribution >= 0.6 is 11.6 Å². The molecule has 0 aromatic heterocycles. The first kappa shape index (κ1) is 18.7. The number of carbonyl (C=O) groups is 2.